The fourth-order valence-electron chi connectivity index (χ4n) is 2.84. The maximum absolute atomic E-state index is 4.15. The van der Waals surface area contributed by atoms with Crippen LogP contribution < -0.4 is 0 Å². The van der Waals surface area contributed by atoms with E-state index in [2.05, 4.69) is 62.3 Å². The molecule has 97 valence electrons. The molecule has 0 aliphatic rings. The quantitative estimate of drug-likeness (QED) is 0.586. The van der Waals surface area contributed by atoms with Crippen molar-refractivity contribution in [3.05, 3.63) is 6.92 Å². The molecule has 0 aromatic rings. The molecule has 16 heavy (non-hydrogen) atoms. The van der Waals surface area contributed by atoms with Crippen molar-refractivity contribution in [1.29, 1.82) is 0 Å². The average Bonchev–Trinajstić information content (AvgIpc) is 1.99. The van der Waals surface area contributed by atoms with Gasteiger partial charge in [0.2, 0.25) is 0 Å². The number of rotatable bonds is 4. The fraction of sp³-hybridized carbons (Fsp3) is 0.938. The normalized spacial score (nSPS) is 17.6. The molecule has 0 rings (SSSR count). The van der Waals surface area contributed by atoms with Gasteiger partial charge in [0.25, 0.3) is 0 Å². The van der Waals surface area contributed by atoms with Crippen molar-refractivity contribution in [3.8, 4) is 0 Å². The van der Waals surface area contributed by atoms with E-state index in [1.807, 2.05) is 0 Å². The first kappa shape index (κ1) is 16.0. The van der Waals surface area contributed by atoms with Crippen molar-refractivity contribution in [2.75, 3.05) is 0 Å². The highest BCUT2D eigenvalue weighted by Crippen LogP contribution is 2.42. The van der Waals surface area contributed by atoms with Crippen LogP contribution in [0, 0.1) is 35.5 Å². The van der Waals surface area contributed by atoms with Crippen LogP contribution in [0.2, 0.25) is 0 Å². The Kier molecular flexibility index (Phi) is 5.56. The minimum absolute atomic E-state index is 0.389. The molecule has 0 saturated carbocycles. The van der Waals surface area contributed by atoms with Gasteiger partial charge in [-0.1, -0.05) is 62.3 Å². The largest absolute Gasteiger partial charge is 0.0625 e. The average molecular weight is 225 g/mol. The minimum Gasteiger partial charge on any atom is -0.0625 e. The zero-order valence-corrected chi connectivity index (χ0v) is 12.9. The topological polar surface area (TPSA) is 0 Å². The maximum Gasteiger partial charge on any atom is -0.0339 e. The van der Waals surface area contributed by atoms with Crippen molar-refractivity contribution in [3.63, 3.8) is 0 Å². The first-order chi connectivity index (χ1) is 7.00. The molecule has 0 heteroatoms. The first-order valence-corrected chi connectivity index (χ1v) is 6.79. The van der Waals surface area contributed by atoms with Gasteiger partial charge in [-0.05, 0) is 41.4 Å². The Labute approximate surface area is 104 Å². The highest BCUT2D eigenvalue weighted by Gasteiger charge is 2.33. The Hall–Kier alpha value is 0. The standard InChI is InChI=1S/C16H33/c1-10-13(15(4,5)6)11-14(12(2)3)16(7,8)9/h12-14H,1,10-11H2,2-9H3. The molecule has 0 saturated heterocycles. The lowest BCUT2D eigenvalue weighted by Gasteiger charge is -2.40. The maximum atomic E-state index is 4.15. The Morgan fingerprint density at radius 1 is 0.875 bits per heavy atom. The van der Waals surface area contributed by atoms with E-state index in [0.29, 0.717) is 10.8 Å². The van der Waals surface area contributed by atoms with Crippen LogP contribution in [-0.4, -0.2) is 0 Å². The molecule has 0 fully saturated rings. The van der Waals surface area contributed by atoms with Gasteiger partial charge >= 0.3 is 0 Å². The molecule has 1 radical (unpaired) electrons. The van der Waals surface area contributed by atoms with E-state index < -0.39 is 0 Å². The summed E-state index contributed by atoms with van der Waals surface area (Å²) in [5.74, 6) is 2.29. The van der Waals surface area contributed by atoms with Crippen LogP contribution in [0.4, 0.5) is 0 Å². The second-order valence-electron chi connectivity index (χ2n) is 7.80. The van der Waals surface area contributed by atoms with Crippen LogP contribution in [0.3, 0.4) is 0 Å². The Balaban J connectivity index is 4.75. The van der Waals surface area contributed by atoms with Crippen LogP contribution in [0.5, 0.6) is 0 Å². The zero-order chi connectivity index (χ0) is 13.1. The summed E-state index contributed by atoms with van der Waals surface area (Å²) in [6, 6.07) is 0. The third-order valence-corrected chi connectivity index (χ3v) is 4.03. The van der Waals surface area contributed by atoms with Crippen LogP contribution in [0.25, 0.3) is 0 Å². The van der Waals surface area contributed by atoms with Gasteiger partial charge in [-0.3, -0.25) is 0 Å². The lowest BCUT2D eigenvalue weighted by molar-refractivity contribution is 0.100. The lowest BCUT2D eigenvalue weighted by atomic mass is 9.65. The van der Waals surface area contributed by atoms with E-state index in [1.165, 1.54) is 6.42 Å². The molecule has 0 N–H and O–H groups in total. The van der Waals surface area contributed by atoms with Gasteiger partial charge in [-0.15, -0.1) is 0 Å². The van der Waals surface area contributed by atoms with E-state index in [4.69, 9.17) is 0 Å². The van der Waals surface area contributed by atoms with Crippen molar-refractivity contribution in [1.82, 2.24) is 0 Å². The highest BCUT2D eigenvalue weighted by molar-refractivity contribution is 4.84. The molecule has 2 atom stereocenters. The van der Waals surface area contributed by atoms with Gasteiger partial charge in [0, 0.05) is 0 Å². The molecule has 0 bridgehead atoms. The predicted octanol–water partition coefficient (Wildman–Crippen LogP) is 5.58. The van der Waals surface area contributed by atoms with E-state index in [9.17, 15) is 0 Å². The van der Waals surface area contributed by atoms with Gasteiger partial charge < -0.3 is 0 Å². The molecule has 0 aromatic heterocycles. The smallest absolute Gasteiger partial charge is 0.0339 e. The van der Waals surface area contributed by atoms with Gasteiger partial charge in [0.05, 0.1) is 0 Å². The second-order valence-corrected chi connectivity index (χ2v) is 7.80. The summed E-state index contributed by atoms with van der Waals surface area (Å²) in [4.78, 5) is 0. The summed E-state index contributed by atoms with van der Waals surface area (Å²) in [6.45, 7) is 23.0. The Morgan fingerprint density at radius 2 is 1.31 bits per heavy atom. The van der Waals surface area contributed by atoms with Gasteiger partial charge in [0.15, 0.2) is 0 Å². The summed E-state index contributed by atoms with van der Waals surface area (Å²) in [7, 11) is 0. The summed E-state index contributed by atoms with van der Waals surface area (Å²) < 4.78 is 0. The molecular formula is C16H33. The highest BCUT2D eigenvalue weighted by atomic mass is 14.4. The van der Waals surface area contributed by atoms with E-state index in [0.717, 1.165) is 24.2 Å². The van der Waals surface area contributed by atoms with Crippen molar-refractivity contribution >= 4 is 0 Å². The summed E-state index contributed by atoms with van der Waals surface area (Å²) in [5, 5.41) is 0. The van der Waals surface area contributed by atoms with Crippen LogP contribution in [-0.2, 0) is 0 Å². The molecule has 0 aliphatic carbocycles. The SMILES string of the molecule is [CH2]CC(CC(C(C)C)C(C)(C)C)C(C)(C)C. The zero-order valence-electron chi connectivity index (χ0n) is 12.9. The van der Waals surface area contributed by atoms with E-state index >= 15 is 0 Å². The summed E-state index contributed by atoms with van der Waals surface area (Å²) >= 11 is 0. The van der Waals surface area contributed by atoms with Gasteiger partial charge in [-0.2, -0.15) is 0 Å². The van der Waals surface area contributed by atoms with Gasteiger partial charge in [-0.25, -0.2) is 0 Å². The molecule has 0 amide bonds. The van der Waals surface area contributed by atoms with E-state index in [1.54, 1.807) is 0 Å². The van der Waals surface area contributed by atoms with Crippen molar-refractivity contribution in [2.45, 2.75) is 68.2 Å². The molecular weight excluding hydrogens is 192 g/mol. The van der Waals surface area contributed by atoms with Crippen molar-refractivity contribution < 1.29 is 0 Å². The first-order valence-electron chi connectivity index (χ1n) is 6.79. The minimum atomic E-state index is 0.389. The molecule has 0 nitrogen and oxygen atoms in total. The van der Waals surface area contributed by atoms with E-state index in [-0.39, 0.29) is 0 Å². The number of hydrogen-bond acceptors (Lipinski definition) is 0. The Morgan fingerprint density at radius 3 is 1.50 bits per heavy atom. The fourth-order valence-corrected chi connectivity index (χ4v) is 2.84. The van der Waals surface area contributed by atoms with Crippen LogP contribution >= 0.6 is 0 Å². The second kappa shape index (κ2) is 5.56. The molecule has 0 spiro atoms. The predicted molar refractivity (Wildman–Crippen MR) is 75.3 cm³/mol. The molecule has 0 aromatic carbocycles. The molecule has 2 unspecified atom stereocenters. The Bertz CT molecular complexity index is 187. The monoisotopic (exact) mass is 225 g/mol. The summed E-state index contributed by atoms with van der Waals surface area (Å²) in [5.41, 5.74) is 0.799. The molecule has 0 aliphatic heterocycles. The van der Waals surface area contributed by atoms with Gasteiger partial charge in [0.1, 0.15) is 0 Å². The third-order valence-electron chi connectivity index (χ3n) is 4.03. The van der Waals surface area contributed by atoms with Crippen molar-refractivity contribution in [2.24, 2.45) is 28.6 Å². The third kappa shape index (κ3) is 4.89. The summed E-state index contributed by atoms with van der Waals surface area (Å²) in [6.07, 6.45) is 2.37. The number of hydrogen-bond donors (Lipinski definition) is 0. The lowest BCUT2D eigenvalue weighted by Crippen LogP contribution is -2.31. The van der Waals surface area contributed by atoms with Crippen LogP contribution in [0.15, 0.2) is 0 Å². The van der Waals surface area contributed by atoms with Crippen LogP contribution in [0.1, 0.15) is 68.2 Å². The molecule has 0 heterocycles.